The highest BCUT2D eigenvalue weighted by molar-refractivity contribution is 6.30. The van der Waals surface area contributed by atoms with Gasteiger partial charge in [-0.15, -0.1) is 0 Å². The summed E-state index contributed by atoms with van der Waals surface area (Å²) in [5, 5.41) is 7.37. The SMILES string of the molecule is Fc1cc(OCc2cc(CNC3CC3)no2)ccc1Cl. The van der Waals surface area contributed by atoms with Gasteiger partial charge in [0.1, 0.15) is 18.2 Å². The van der Waals surface area contributed by atoms with Gasteiger partial charge >= 0.3 is 0 Å². The van der Waals surface area contributed by atoms with Crippen molar-refractivity contribution < 1.29 is 13.7 Å². The number of nitrogens with zero attached hydrogens (tertiary/aromatic N) is 1. The maximum Gasteiger partial charge on any atom is 0.174 e. The van der Waals surface area contributed by atoms with Crippen LogP contribution in [0, 0.1) is 5.82 Å². The molecule has 1 fully saturated rings. The van der Waals surface area contributed by atoms with Crippen molar-refractivity contribution in [2.24, 2.45) is 0 Å². The number of aromatic nitrogens is 1. The van der Waals surface area contributed by atoms with Crippen LogP contribution >= 0.6 is 11.6 Å². The molecule has 0 atom stereocenters. The molecule has 0 amide bonds. The Morgan fingerprint density at radius 2 is 2.25 bits per heavy atom. The third-order valence-corrected chi connectivity index (χ3v) is 3.34. The van der Waals surface area contributed by atoms with Crippen molar-refractivity contribution in [3.05, 3.63) is 46.6 Å². The largest absolute Gasteiger partial charge is 0.485 e. The Morgan fingerprint density at radius 1 is 1.40 bits per heavy atom. The molecule has 0 saturated heterocycles. The van der Waals surface area contributed by atoms with Crippen LogP contribution in [0.4, 0.5) is 4.39 Å². The second kappa shape index (κ2) is 5.81. The molecule has 1 N–H and O–H groups in total. The highest BCUT2D eigenvalue weighted by Gasteiger charge is 2.20. The summed E-state index contributed by atoms with van der Waals surface area (Å²) in [4.78, 5) is 0. The Kier molecular flexibility index (Phi) is 3.89. The second-order valence-electron chi connectivity index (χ2n) is 4.80. The summed E-state index contributed by atoms with van der Waals surface area (Å²) in [6.45, 7) is 0.904. The molecule has 1 aromatic heterocycles. The lowest BCUT2D eigenvalue weighted by atomic mass is 10.3. The average Bonchev–Trinajstić information content (AvgIpc) is 3.16. The fourth-order valence-corrected chi connectivity index (χ4v) is 1.88. The maximum absolute atomic E-state index is 13.2. The van der Waals surface area contributed by atoms with Gasteiger partial charge in [0.15, 0.2) is 5.76 Å². The van der Waals surface area contributed by atoms with Gasteiger partial charge in [-0.2, -0.15) is 0 Å². The first-order chi connectivity index (χ1) is 9.70. The number of rotatable bonds is 6. The molecule has 0 aliphatic heterocycles. The molecule has 1 heterocycles. The van der Waals surface area contributed by atoms with Crippen molar-refractivity contribution in [1.82, 2.24) is 10.5 Å². The quantitative estimate of drug-likeness (QED) is 0.888. The summed E-state index contributed by atoms with van der Waals surface area (Å²) in [7, 11) is 0. The molecule has 106 valence electrons. The van der Waals surface area contributed by atoms with Crippen LogP contribution in [-0.4, -0.2) is 11.2 Å². The fraction of sp³-hybridized carbons (Fsp3) is 0.357. The van der Waals surface area contributed by atoms with Gasteiger partial charge in [0.05, 0.1) is 10.7 Å². The van der Waals surface area contributed by atoms with E-state index in [0.29, 0.717) is 24.1 Å². The van der Waals surface area contributed by atoms with E-state index in [9.17, 15) is 4.39 Å². The van der Waals surface area contributed by atoms with E-state index in [1.54, 1.807) is 6.07 Å². The minimum atomic E-state index is -0.504. The van der Waals surface area contributed by atoms with Gasteiger partial charge in [-0.3, -0.25) is 0 Å². The smallest absolute Gasteiger partial charge is 0.174 e. The van der Waals surface area contributed by atoms with Gasteiger partial charge < -0.3 is 14.6 Å². The first kappa shape index (κ1) is 13.4. The van der Waals surface area contributed by atoms with Crippen LogP contribution in [0.3, 0.4) is 0 Å². The predicted octanol–water partition coefficient (Wildman–Crippen LogP) is 3.30. The van der Waals surface area contributed by atoms with E-state index in [1.807, 2.05) is 6.07 Å². The van der Waals surface area contributed by atoms with Crippen molar-refractivity contribution in [3.8, 4) is 5.75 Å². The van der Waals surface area contributed by atoms with Crippen LogP contribution in [0.5, 0.6) is 5.75 Å². The van der Waals surface area contributed by atoms with Crippen molar-refractivity contribution >= 4 is 11.6 Å². The first-order valence-corrected chi connectivity index (χ1v) is 6.84. The molecule has 6 heteroatoms. The molecule has 20 heavy (non-hydrogen) atoms. The van der Waals surface area contributed by atoms with Gasteiger partial charge in [0.25, 0.3) is 0 Å². The zero-order chi connectivity index (χ0) is 13.9. The van der Waals surface area contributed by atoms with Crippen molar-refractivity contribution in [2.45, 2.75) is 32.0 Å². The van der Waals surface area contributed by atoms with Crippen LogP contribution in [0.15, 0.2) is 28.8 Å². The molecular weight excluding hydrogens is 283 g/mol. The monoisotopic (exact) mass is 296 g/mol. The summed E-state index contributed by atoms with van der Waals surface area (Å²) in [5.41, 5.74) is 0.845. The molecule has 1 saturated carbocycles. The number of benzene rings is 1. The zero-order valence-corrected chi connectivity index (χ0v) is 11.5. The Bertz CT molecular complexity index is 599. The summed E-state index contributed by atoms with van der Waals surface area (Å²) in [5.74, 6) is 0.505. The van der Waals surface area contributed by atoms with E-state index in [0.717, 1.165) is 5.69 Å². The minimum absolute atomic E-state index is 0.0745. The van der Waals surface area contributed by atoms with Crippen LogP contribution in [0.2, 0.25) is 5.02 Å². The van der Waals surface area contributed by atoms with Crippen molar-refractivity contribution in [2.75, 3.05) is 0 Å². The van der Waals surface area contributed by atoms with E-state index in [1.165, 1.54) is 25.0 Å². The normalized spacial score (nSPS) is 14.5. The van der Waals surface area contributed by atoms with Gasteiger partial charge in [-0.1, -0.05) is 16.8 Å². The van der Waals surface area contributed by atoms with E-state index in [-0.39, 0.29) is 11.6 Å². The lowest BCUT2D eigenvalue weighted by Gasteiger charge is -2.03. The number of hydrogen-bond donors (Lipinski definition) is 1. The first-order valence-electron chi connectivity index (χ1n) is 6.46. The molecule has 0 bridgehead atoms. The van der Waals surface area contributed by atoms with Gasteiger partial charge in [-0.25, -0.2) is 4.39 Å². The molecule has 1 aliphatic carbocycles. The average molecular weight is 297 g/mol. The maximum atomic E-state index is 13.2. The Balaban J connectivity index is 1.53. The number of ether oxygens (including phenoxy) is 1. The predicted molar refractivity (Wildman–Crippen MR) is 72.1 cm³/mol. The zero-order valence-electron chi connectivity index (χ0n) is 10.7. The van der Waals surface area contributed by atoms with Gasteiger partial charge in [0.2, 0.25) is 0 Å². The highest BCUT2D eigenvalue weighted by atomic mass is 35.5. The molecule has 3 rings (SSSR count). The fourth-order valence-electron chi connectivity index (χ4n) is 1.76. The van der Waals surface area contributed by atoms with Crippen LogP contribution < -0.4 is 10.1 Å². The van der Waals surface area contributed by atoms with Crippen LogP contribution in [0.25, 0.3) is 0 Å². The molecule has 0 radical (unpaired) electrons. The molecule has 1 aromatic carbocycles. The summed E-state index contributed by atoms with van der Waals surface area (Å²) in [6, 6.07) is 6.77. The summed E-state index contributed by atoms with van der Waals surface area (Å²) >= 11 is 5.60. The van der Waals surface area contributed by atoms with E-state index >= 15 is 0 Å². The molecular formula is C14H14ClFN2O2. The molecule has 0 spiro atoms. The second-order valence-corrected chi connectivity index (χ2v) is 5.21. The Hall–Kier alpha value is -1.59. The van der Waals surface area contributed by atoms with E-state index in [2.05, 4.69) is 10.5 Å². The molecule has 1 aliphatic rings. The lowest BCUT2D eigenvalue weighted by Crippen LogP contribution is -2.15. The molecule has 0 unspecified atom stereocenters. The number of hydrogen-bond acceptors (Lipinski definition) is 4. The number of halogens is 2. The van der Waals surface area contributed by atoms with Crippen molar-refractivity contribution in [3.63, 3.8) is 0 Å². The van der Waals surface area contributed by atoms with Crippen molar-refractivity contribution in [1.29, 1.82) is 0 Å². The topological polar surface area (TPSA) is 47.3 Å². The minimum Gasteiger partial charge on any atom is -0.485 e. The Labute approximate surface area is 120 Å². The third kappa shape index (κ3) is 3.49. The molecule has 4 nitrogen and oxygen atoms in total. The standard InChI is InChI=1S/C14H14ClFN2O2/c15-13-4-3-11(6-14(13)16)19-8-12-5-10(18-20-12)7-17-9-1-2-9/h3-6,9,17H,1-2,7-8H2. The van der Waals surface area contributed by atoms with Crippen LogP contribution in [-0.2, 0) is 13.2 Å². The van der Waals surface area contributed by atoms with Gasteiger partial charge in [0, 0.05) is 24.7 Å². The third-order valence-electron chi connectivity index (χ3n) is 3.03. The Morgan fingerprint density at radius 3 is 3.00 bits per heavy atom. The summed E-state index contributed by atoms with van der Waals surface area (Å²) in [6.07, 6.45) is 2.46. The van der Waals surface area contributed by atoms with Gasteiger partial charge in [-0.05, 0) is 25.0 Å². The molecule has 2 aromatic rings. The van der Waals surface area contributed by atoms with Crippen LogP contribution in [0.1, 0.15) is 24.3 Å². The lowest BCUT2D eigenvalue weighted by molar-refractivity contribution is 0.247. The highest BCUT2D eigenvalue weighted by Crippen LogP contribution is 2.22. The van der Waals surface area contributed by atoms with E-state index in [4.69, 9.17) is 20.9 Å². The van der Waals surface area contributed by atoms with E-state index < -0.39 is 5.82 Å². The number of nitrogens with one attached hydrogen (secondary N) is 1. The summed E-state index contributed by atoms with van der Waals surface area (Å²) < 4.78 is 23.8.